The van der Waals surface area contributed by atoms with Gasteiger partial charge in [0.25, 0.3) is 11.8 Å². The van der Waals surface area contributed by atoms with Crippen LogP contribution in [0.15, 0.2) is 88.9 Å². The Hall–Kier alpha value is -3.28. The predicted octanol–water partition coefficient (Wildman–Crippen LogP) is 6.63. The minimum absolute atomic E-state index is 0.0313. The summed E-state index contributed by atoms with van der Waals surface area (Å²) in [5.74, 6) is 0.0122. The van der Waals surface area contributed by atoms with E-state index in [2.05, 4.69) is 62.0 Å². The van der Waals surface area contributed by atoms with Gasteiger partial charge in [-0.3, -0.25) is 19.8 Å². The van der Waals surface area contributed by atoms with E-state index in [-0.39, 0.29) is 10.7 Å². The smallest absolute Gasteiger partial charge is 0.270 e. The Morgan fingerprint density at radius 1 is 1.03 bits per heavy atom. The van der Waals surface area contributed by atoms with Gasteiger partial charge in [-0.05, 0) is 99.2 Å². The fourth-order valence-electron chi connectivity index (χ4n) is 4.18. The summed E-state index contributed by atoms with van der Waals surface area (Å²) in [5.41, 5.74) is 2.19. The third kappa shape index (κ3) is 5.31. The van der Waals surface area contributed by atoms with Crippen LogP contribution in [0.2, 0.25) is 0 Å². The molecule has 5 rings (SSSR count). The fourth-order valence-corrected chi connectivity index (χ4v) is 5.51. The molecule has 0 saturated carbocycles. The summed E-state index contributed by atoms with van der Waals surface area (Å²) in [6.07, 6.45) is 1.53. The number of fused-ring (bicyclic) bond motifs is 1. The summed E-state index contributed by atoms with van der Waals surface area (Å²) in [7, 11) is 1.55. The van der Waals surface area contributed by atoms with Crippen LogP contribution >= 0.6 is 50.7 Å². The van der Waals surface area contributed by atoms with Crippen molar-refractivity contribution in [3.8, 4) is 11.5 Å². The van der Waals surface area contributed by atoms with E-state index >= 15 is 0 Å². The van der Waals surface area contributed by atoms with Crippen LogP contribution in [0.1, 0.15) is 11.1 Å². The largest absolute Gasteiger partial charge is 0.493 e. The first-order valence-electron chi connectivity index (χ1n) is 11.5. The van der Waals surface area contributed by atoms with Crippen molar-refractivity contribution in [2.75, 3.05) is 12.0 Å². The topological polar surface area (TPSA) is 67.9 Å². The Balaban J connectivity index is 1.44. The molecule has 0 aliphatic carbocycles. The molecule has 1 fully saturated rings. The van der Waals surface area contributed by atoms with E-state index in [0.29, 0.717) is 29.4 Å². The maximum absolute atomic E-state index is 13.3. The predicted molar refractivity (Wildman–Crippen MR) is 164 cm³/mol. The van der Waals surface area contributed by atoms with Crippen molar-refractivity contribution in [2.24, 2.45) is 0 Å². The number of amides is 2. The quantitative estimate of drug-likeness (QED) is 0.106. The van der Waals surface area contributed by atoms with E-state index in [1.807, 2.05) is 30.3 Å². The summed E-state index contributed by atoms with van der Waals surface area (Å²) >= 11 is 10.8. The number of anilines is 1. The van der Waals surface area contributed by atoms with Crippen molar-refractivity contribution in [2.45, 2.75) is 6.61 Å². The lowest BCUT2D eigenvalue weighted by Gasteiger charge is -2.29. The van der Waals surface area contributed by atoms with Gasteiger partial charge in [-0.1, -0.05) is 58.4 Å². The zero-order valence-corrected chi connectivity index (χ0v) is 24.6. The number of methoxy groups -OCH3 is 1. The van der Waals surface area contributed by atoms with Crippen LogP contribution in [0.5, 0.6) is 11.5 Å². The summed E-state index contributed by atoms with van der Waals surface area (Å²) in [5, 5.41) is 4.91. The average molecular weight is 699 g/mol. The Morgan fingerprint density at radius 2 is 1.76 bits per heavy atom. The van der Waals surface area contributed by atoms with Crippen LogP contribution in [-0.2, 0) is 16.2 Å². The van der Waals surface area contributed by atoms with E-state index in [9.17, 15) is 9.59 Å². The monoisotopic (exact) mass is 698 g/mol. The highest BCUT2D eigenvalue weighted by atomic mass is 127. The number of thiocarbonyl (C=S) groups is 1. The van der Waals surface area contributed by atoms with E-state index in [0.717, 1.165) is 24.4 Å². The summed E-state index contributed by atoms with van der Waals surface area (Å²) in [6.45, 7) is 0.356. The van der Waals surface area contributed by atoms with Crippen molar-refractivity contribution in [3.63, 3.8) is 0 Å². The van der Waals surface area contributed by atoms with Gasteiger partial charge in [-0.15, -0.1) is 0 Å². The number of rotatable bonds is 6. The lowest BCUT2D eigenvalue weighted by molar-refractivity contribution is -0.122. The molecular formula is C29H20BrIN2O4S. The number of halogens is 2. The Bertz CT molecular complexity index is 1620. The molecular weight excluding hydrogens is 679 g/mol. The highest BCUT2D eigenvalue weighted by Crippen LogP contribution is 2.36. The summed E-state index contributed by atoms with van der Waals surface area (Å²) < 4.78 is 13.5. The van der Waals surface area contributed by atoms with E-state index < -0.39 is 11.8 Å². The van der Waals surface area contributed by atoms with Crippen LogP contribution in [0, 0.1) is 3.57 Å². The van der Waals surface area contributed by atoms with Crippen LogP contribution in [0.3, 0.4) is 0 Å². The van der Waals surface area contributed by atoms with Gasteiger partial charge in [0.15, 0.2) is 16.6 Å². The molecule has 0 spiro atoms. The average Bonchev–Trinajstić information content (AvgIpc) is 2.91. The Morgan fingerprint density at radius 3 is 2.53 bits per heavy atom. The third-order valence-electron chi connectivity index (χ3n) is 6.00. The number of ether oxygens (including phenoxy) is 2. The Kier molecular flexibility index (Phi) is 7.78. The third-order valence-corrected chi connectivity index (χ3v) is 7.62. The minimum atomic E-state index is -0.557. The Labute approximate surface area is 246 Å². The first kappa shape index (κ1) is 26.3. The van der Waals surface area contributed by atoms with Crippen LogP contribution in [0.4, 0.5) is 5.69 Å². The van der Waals surface area contributed by atoms with Gasteiger partial charge in [0, 0.05) is 4.47 Å². The van der Waals surface area contributed by atoms with Gasteiger partial charge in [-0.2, -0.15) is 0 Å². The molecule has 2 amide bonds. The fraction of sp³-hybridized carbons (Fsp3) is 0.0690. The minimum Gasteiger partial charge on any atom is -0.493 e. The van der Waals surface area contributed by atoms with Crippen molar-refractivity contribution < 1.29 is 19.1 Å². The first-order chi connectivity index (χ1) is 18.4. The van der Waals surface area contributed by atoms with Gasteiger partial charge in [0.05, 0.1) is 16.4 Å². The zero-order valence-electron chi connectivity index (χ0n) is 20.0. The molecule has 0 aromatic heterocycles. The molecule has 1 heterocycles. The number of benzene rings is 4. The van der Waals surface area contributed by atoms with Gasteiger partial charge >= 0.3 is 0 Å². The molecule has 4 aromatic rings. The van der Waals surface area contributed by atoms with Crippen molar-refractivity contribution in [3.05, 3.63) is 104 Å². The molecule has 4 aromatic carbocycles. The lowest BCUT2D eigenvalue weighted by atomic mass is 10.1. The molecule has 1 saturated heterocycles. The molecule has 9 heteroatoms. The van der Waals surface area contributed by atoms with Crippen molar-refractivity contribution >= 4 is 90.2 Å². The number of carbonyl (C=O) groups excluding carboxylic acids is 2. The van der Waals surface area contributed by atoms with Crippen molar-refractivity contribution in [1.82, 2.24) is 5.32 Å². The molecule has 0 bridgehead atoms. The molecule has 0 atom stereocenters. The normalized spacial score (nSPS) is 14.7. The lowest BCUT2D eigenvalue weighted by Crippen LogP contribution is -2.54. The molecule has 6 nitrogen and oxygen atoms in total. The first-order valence-corrected chi connectivity index (χ1v) is 13.8. The number of carbonyl (C=O) groups is 2. The highest BCUT2D eigenvalue weighted by Gasteiger charge is 2.34. The number of nitrogens with zero attached hydrogens (tertiary/aromatic N) is 1. The number of hydrogen-bond donors (Lipinski definition) is 1. The molecule has 1 aliphatic heterocycles. The molecule has 1 N–H and O–H groups in total. The van der Waals surface area contributed by atoms with Crippen molar-refractivity contribution in [1.29, 1.82) is 0 Å². The molecule has 38 heavy (non-hydrogen) atoms. The SMILES string of the molecule is COc1cc(/C=C2\C(=O)NC(=S)N(c3ccc(Br)cc3)C2=O)cc(I)c1OCc1cccc2ccccc12. The van der Waals surface area contributed by atoms with E-state index in [1.165, 1.54) is 11.0 Å². The maximum Gasteiger partial charge on any atom is 0.270 e. The second-order valence-electron chi connectivity index (χ2n) is 8.40. The molecule has 0 unspecified atom stereocenters. The number of nitrogens with one attached hydrogen (secondary N) is 1. The van der Waals surface area contributed by atoms with Gasteiger partial charge in [-0.25, -0.2) is 0 Å². The summed E-state index contributed by atoms with van der Waals surface area (Å²) in [4.78, 5) is 27.4. The van der Waals surface area contributed by atoms with Crippen LogP contribution in [0.25, 0.3) is 16.8 Å². The van der Waals surface area contributed by atoms with Gasteiger partial charge in [0.1, 0.15) is 12.2 Å². The molecule has 0 radical (unpaired) electrons. The van der Waals surface area contributed by atoms with Crippen LogP contribution in [-0.4, -0.2) is 24.0 Å². The molecule has 1 aliphatic rings. The zero-order chi connectivity index (χ0) is 26.8. The van der Waals surface area contributed by atoms with Gasteiger partial charge < -0.3 is 9.47 Å². The second-order valence-corrected chi connectivity index (χ2v) is 10.9. The maximum atomic E-state index is 13.3. The standard InChI is InChI=1S/C29H20BrIN2O4S/c1-36-25-15-17(13-23-27(34)32-29(38)33(28(23)35)21-11-9-20(30)10-12-21)14-24(31)26(25)37-16-19-7-4-6-18-5-2-3-8-22(18)19/h2-15H,16H2,1H3,(H,32,34,38)/b23-13+. The van der Waals surface area contributed by atoms with E-state index in [4.69, 9.17) is 21.7 Å². The molecule has 190 valence electrons. The van der Waals surface area contributed by atoms with Crippen LogP contribution < -0.4 is 19.7 Å². The second kappa shape index (κ2) is 11.2. The van der Waals surface area contributed by atoms with E-state index in [1.54, 1.807) is 37.4 Å². The number of hydrogen-bond acceptors (Lipinski definition) is 5. The highest BCUT2D eigenvalue weighted by molar-refractivity contribution is 14.1. The van der Waals surface area contributed by atoms with Gasteiger partial charge in [0.2, 0.25) is 0 Å². The summed E-state index contributed by atoms with van der Waals surface area (Å²) in [6, 6.07) is 24.9.